The maximum Gasteiger partial charge on any atom is 0.256 e. The third-order valence-corrected chi connectivity index (χ3v) is 5.97. The van der Waals surface area contributed by atoms with Gasteiger partial charge in [0.05, 0.1) is 0 Å². The molecule has 9 heteroatoms. The minimum Gasteiger partial charge on any atom is -0.350 e. The zero-order valence-corrected chi connectivity index (χ0v) is 21.5. The summed E-state index contributed by atoms with van der Waals surface area (Å²) >= 11 is 6.54. The van der Waals surface area contributed by atoms with Gasteiger partial charge in [0, 0.05) is 40.6 Å². The molecule has 3 heterocycles. The Balaban J connectivity index is 1.67. The van der Waals surface area contributed by atoms with Gasteiger partial charge in [-0.05, 0) is 62.2 Å². The molecule has 0 aliphatic carbocycles. The quantitative estimate of drug-likeness (QED) is 0.379. The Bertz CT molecular complexity index is 1240. The van der Waals surface area contributed by atoms with Crippen LogP contribution < -0.4 is 21.3 Å². The van der Waals surface area contributed by atoms with Crippen LogP contribution in [0.4, 0.5) is 23.3 Å². The molecule has 1 aromatic carbocycles. The molecule has 8 nitrogen and oxygen atoms in total. The third kappa shape index (κ3) is 6.07. The summed E-state index contributed by atoms with van der Waals surface area (Å²) in [6, 6.07) is 9.69. The molecule has 2 aromatic heterocycles. The summed E-state index contributed by atoms with van der Waals surface area (Å²) < 4.78 is 0. The van der Waals surface area contributed by atoms with E-state index in [1.807, 2.05) is 38.1 Å². The number of nitrogens with one attached hydrogen (secondary N) is 4. The fourth-order valence-electron chi connectivity index (χ4n) is 3.86. The third-order valence-electron chi connectivity index (χ3n) is 5.63. The number of halogens is 1. The predicted molar refractivity (Wildman–Crippen MR) is 141 cm³/mol. The Morgan fingerprint density at radius 1 is 1.14 bits per heavy atom. The first-order valence-corrected chi connectivity index (χ1v) is 12.2. The first-order valence-electron chi connectivity index (χ1n) is 11.8. The standard InChI is InChI=1S/C26H32ClN7O/c1-15(2)30-24(35)19-14-29-25(31-17-11-16-13-28-10-9-18(16)20(27)12-17)34-23(19)33-22-8-6-7-21(32-22)26(3,4)5/h6-8,11-12,14-15,28H,9-10,13H2,1-5H3,(H,30,35)(H2,29,31,32,33,34). The zero-order valence-electron chi connectivity index (χ0n) is 20.8. The molecule has 0 saturated carbocycles. The molecule has 184 valence electrons. The van der Waals surface area contributed by atoms with Crippen LogP contribution >= 0.6 is 11.6 Å². The fourth-order valence-corrected chi connectivity index (χ4v) is 4.19. The van der Waals surface area contributed by atoms with E-state index in [1.165, 1.54) is 11.8 Å². The van der Waals surface area contributed by atoms with E-state index in [-0.39, 0.29) is 17.4 Å². The summed E-state index contributed by atoms with van der Waals surface area (Å²) in [7, 11) is 0. The predicted octanol–water partition coefficient (Wildman–Crippen LogP) is 5.09. The molecule has 0 bridgehead atoms. The molecule has 1 amide bonds. The Morgan fingerprint density at radius 2 is 1.94 bits per heavy atom. The highest BCUT2D eigenvalue weighted by Crippen LogP contribution is 2.30. The van der Waals surface area contributed by atoms with Gasteiger partial charge in [0.25, 0.3) is 5.91 Å². The lowest BCUT2D eigenvalue weighted by molar-refractivity contribution is 0.0943. The SMILES string of the molecule is CC(C)NC(=O)c1cnc(Nc2cc(Cl)c3c(c2)CNCC3)nc1Nc1cccc(C(C)(C)C)n1. The van der Waals surface area contributed by atoms with Crippen LogP contribution in [0.2, 0.25) is 5.02 Å². The average molecular weight is 494 g/mol. The molecule has 0 radical (unpaired) electrons. The van der Waals surface area contributed by atoms with E-state index in [0.717, 1.165) is 41.5 Å². The van der Waals surface area contributed by atoms with Crippen LogP contribution in [-0.2, 0) is 18.4 Å². The smallest absolute Gasteiger partial charge is 0.256 e. The summed E-state index contributed by atoms with van der Waals surface area (Å²) in [5.41, 5.74) is 4.26. The van der Waals surface area contributed by atoms with Gasteiger partial charge in [0.15, 0.2) is 0 Å². The lowest BCUT2D eigenvalue weighted by Crippen LogP contribution is -2.31. The highest BCUT2D eigenvalue weighted by molar-refractivity contribution is 6.31. The van der Waals surface area contributed by atoms with Gasteiger partial charge in [-0.25, -0.2) is 9.97 Å². The summed E-state index contributed by atoms with van der Waals surface area (Å²) in [4.78, 5) is 26.6. The van der Waals surface area contributed by atoms with E-state index >= 15 is 0 Å². The monoisotopic (exact) mass is 493 g/mol. The summed E-state index contributed by atoms with van der Waals surface area (Å²) in [6.07, 6.45) is 2.42. The second-order valence-electron chi connectivity index (χ2n) is 10.0. The van der Waals surface area contributed by atoms with Gasteiger partial charge in [0.1, 0.15) is 17.2 Å². The lowest BCUT2D eigenvalue weighted by atomic mass is 9.92. The molecule has 4 rings (SSSR count). The van der Waals surface area contributed by atoms with Gasteiger partial charge in [-0.2, -0.15) is 4.98 Å². The molecule has 3 aromatic rings. The van der Waals surface area contributed by atoms with E-state index in [4.69, 9.17) is 16.6 Å². The molecule has 0 atom stereocenters. The van der Waals surface area contributed by atoms with Crippen molar-refractivity contribution < 1.29 is 4.79 Å². The Kier molecular flexibility index (Phi) is 7.23. The van der Waals surface area contributed by atoms with Gasteiger partial charge in [-0.15, -0.1) is 0 Å². The number of carbonyl (C=O) groups excluding carboxylic acids is 1. The van der Waals surface area contributed by atoms with Crippen molar-refractivity contribution in [3.8, 4) is 0 Å². The Labute approximate surface area is 211 Å². The maximum absolute atomic E-state index is 12.9. The van der Waals surface area contributed by atoms with Gasteiger partial charge >= 0.3 is 0 Å². The van der Waals surface area contributed by atoms with Crippen LogP contribution in [0.5, 0.6) is 0 Å². The van der Waals surface area contributed by atoms with Crippen molar-refractivity contribution >= 4 is 40.8 Å². The van der Waals surface area contributed by atoms with Crippen molar-refractivity contribution in [1.29, 1.82) is 0 Å². The largest absolute Gasteiger partial charge is 0.350 e. The number of fused-ring (bicyclic) bond motifs is 1. The van der Waals surface area contributed by atoms with Gasteiger partial charge in [-0.3, -0.25) is 4.79 Å². The number of carbonyl (C=O) groups is 1. The summed E-state index contributed by atoms with van der Waals surface area (Å²) in [5.74, 6) is 1.05. The molecular formula is C26H32ClN7O. The van der Waals surface area contributed by atoms with E-state index in [0.29, 0.717) is 23.1 Å². The molecule has 0 fully saturated rings. The molecule has 1 aliphatic heterocycles. The Hall–Kier alpha value is -3.23. The van der Waals surface area contributed by atoms with Crippen LogP contribution in [0.3, 0.4) is 0 Å². The molecule has 0 spiro atoms. The molecule has 4 N–H and O–H groups in total. The van der Waals surface area contributed by atoms with Crippen molar-refractivity contribution in [2.45, 2.75) is 59.0 Å². The lowest BCUT2D eigenvalue weighted by Gasteiger charge is -2.20. The molecule has 0 saturated heterocycles. The minimum absolute atomic E-state index is 0.0262. The van der Waals surface area contributed by atoms with Crippen LogP contribution in [0, 0.1) is 0 Å². The second kappa shape index (κ2) is 10.2. The van der Waals surface area contributed by atoms with Crippen molar-refractivity contribution in [3.63, 3.8) is 0 Å². The van der Waals surface area contributed by atoms with Crippen molar-refractivity contribution in [2.24, 2.45) is 0 Å². The van der Waals surface area contributed by atoms with Crippen LogP contribution in [0.1, 0.15) is 61.8 Å². The molecule has 0 unspecified atom stereocenters. The fraction of sp³-hybridized carbons (Fsp3) is 0.385. The maximum atomic E-state index is 12.9. The van der Waals surface area contributed by atoms with Crippen LogP contribution in [-0.4, -0.2) is 33.4 Å². The zero-order chi connectivity index (χ0) is 25.2. The van der Waals surface area contributed by atoms with E-state index in [1.54, 1.807) is 0 Å². The number of rotatable bonds is 6. The second-order valence-corrected chi connectivity index (χ2v) is 10.4. The van der Waals surface area contributed by atoms with Gasteiger partial charge in [0.2, 0.25) is 5.95 Å². The number of aromatic nitrogens is 3. The first kappa shape index (κ1) is 24.9. The molecular weight excluding hydrogens is 462 g/mol. The Morgan fingerprint density at radius 3 is 2.69 bits per heavy atom. The number of anilines is 4. The summed E-state index contributed by atoms with van der Waals surface area (Å²) in [5, 5.41) is 13.5. The number of amides is 1. The first-order chi connectivity index (χ1) is 16.6. The minimum atomic E-state index is -0.260. The normalized spacial score (nSPS) is 13.3. The van der Waals surface area contributed by atoms with Crippen molar-refractivity contribution in [2.75, 3.05) is 17.2 Å². The average Bonchev–Trinajstić information content (AvgIpc) is 2.78. The van der Waals surface area contributed by atoms with Crippen molar-refractivity contribution in [1.82, 2.24) is 25.6 Å². The van der Waals surface area contributed by atoms with Gasteiger partial charge < -0.3 is 21.3 Å². The van der Waals surface area contributed by atoms with E-state index < -0.39 is 0 Å². The number of hydrogen-bond donors (Lipinski definition) is 4. The van der Waals surface area contributed by atoms with E-state index in [2.05, 4.69) is 58.1 Å². The van der Waals surface area contributed by atoms with E-state index in [9.17, 15) is 4.79 Å². The summed E-state index contributed by atoms with van der Waals surface area (Å²) in [6.45, 7) is 11.8. The number of pyridine rings is 1. The highest BCUT2D eigenvalue weighted by atomic mass is 35.5. The van der Waals surface area contributed by atoms with Crippen LogP contribution in [0.15, 0.2) is 36.5 Å². The van der Waals surface area contributed by atoms with Crippen LogP contribution in [0.25, 0.3) is 0 Å². The molecule has 1 aliphatic rings. The van der Waals surface area contributed by atoms with Crippen molar-refractivity contribution in [3.05, 3.63) is 63.9 Å². The highest BCUT2D eigenvalue weighted by Gasteiger charge is 2.20. The number of hydrogen-bond acceptors (Lipinski definition) is 7. The number of benzene rings is 1. The number of nitrogens with zero attached hydrogens (tertiary/aromatic N) is 3. The topological polar surface area (TPSA) is 104 Å². The van der Waals surface area contributed by atoms with Gasteiger partial charge in [-0.1, -0.05) is 38.4 Å². The molecule has 35 heavy (non-hydrogen) atoms.